The van der Waals surface area contributed by atoms with Crippen molar-refractivity contribution in [1.82, 2.24) is 18.7 Å². The maximum atomic E-state index is 13.0. The molecule has 0 saturated carbocycles. The number of nitriles is 1. The molecular formula is C19H18BrN5O4S. The Balaban J connectivity index is 2.15. The molecule has 2 heterocycles. The Morgan fingerprint density at radius 1 is 1.33 bits per heavy atom. The number of carbonyl (C=O) groups is 1. The van der Waals surface area contributed by atoms with Crippen LogP contribution in [0.15, 0.2) is 43.5 Å². The predicted octanol–water partition coefficient (Wildman–Crippen LogP) is 2.19. The number of hydrogen-bond acceptors (Lipinski definition) is 6. The number of thioether (sulfide) groups is 1. The van der Waals surface area contributed by atoms with Crippen LogP contribution >= 0.6 is 27.7 Å². The van der Waals surface area contributed by atoms with Gasteiger partial charge < -0.3 is 9.67 Å². The summed E-state index contributed by atoms with van der Waals surface area (Å²) in [6.45, 7) is -0.0260. The number of carboxylic acids is 1. The molecule has 0 fully saturated rings. The standard InChI is InChI=1S/C19H18BrN5O4S/c1-23-16-15(17(28)24(8-7-21)19(23)29)25(11-12-4-2-5-13(20)10-12)18(22-16)30-9-3-6-14(26)27/h2,4-5,10H,3,6,8-9,11H2,1H3,(H,26,27). The highest BCUT2D eigenvalue weighted by Gasteiger charge is 2.20. The number of aromatic nitrogens is 4. The van der Waals surface area contributed by atoms with Crippen molar-refractivity contribution in [3.8, 4) is 6.07 Å². The molecule has 1 N–H and O–H groups in total. The minimum Gasteiger partial charge on any atom is -0.481 e. The number of carboxylic acid groups (broad SMARTS) is 1. The van der Waals surface area contributed by atoms with Crippen LogP contribution in [0.2, 0.25) is 0 Å². The molecule has 0 aliphatic carbocycles. The number of rotatable bonds is 8. The predicted molar refractivity (Wildman–Crippen MR) is 116 cm³/mol. The Morgan fingerprint density at radius 3 is 2.77 bits per heavy atom. The second-order valence-electron chi connectivity index (χ2n) is 6.52. The van der Waals surface area contributed by atoms with Crippen LogP contribution in [0.1, 0.15) is 18.4 Å². The molecule has 0 unspecified atom stereocenters. The number of benzene rings is 1. The van der Waals surface area contributed by atoms with Gasteiger partial charge in [-0.25, -0.2) is 14.3 Å². The van der Waals surface area contributed by atoms with E-state index in [1.165, 1.54) is 23.4 Å². The van der Waals surface area contributed by atoms with Crippen molar-refractivity contribution in [3.63, 3.8) is 0 Å². The molecule has 30 heavy (non-hydrogen) atoms. The first-order valence-corrected chi connectivity index (χ1v) is 10.8. The van der Waals surface area contributed by atoms with E-state index in [9.17, 15) is 14.4 Å². The van der Waals surface area contributed by atoms with Crippen LogP contribution in [0.25, 0.3) is 11.2 Å². The molecule has 0 radical (unpaired) electrons. The average Bonchev–Trinajstić information content (AvgIpc) is 3.05. The second-order valence-corrected chi connectivity index (χ2v) is 8.50. The van der Waals surface area contributed by atoms with E-state index in [4.69, 9.17) is 10.4 Å². The van der Waals surface area contributed by atoms with Crippen molar-refractivity contribution in [2.45, 2.75) is 31.1 Å². The molecule has 0 atom stereocenters. The van der Waals surface area contributed by atoms with E-state index in [2.05, 4.69) is 20.9 Å². The summed E-state index contributed by atoms with van der Waals surface area (Å²) in [5, 5.41) is 18.4. The summed E-state index contributed by atoms with van der Waals surface area (Å²) in [5.74, 6) is -0.380. The Labute approximate surface area is 183 Å². The van der Waals surface area contributed by atoms with Crippen molar-refractivity contribution in [2.75, 3.05) is 5.75 Å². The molecule has 0 saturated heterocycles. The molecular weight excluding hydrogens is 474 g/mol. The topological polar surface area (TPSA) is 123 Å². The summed E-state index contributed by atoms with van der Waals surface area (Å²) < 4.78 is 4.75. The lowest BCUT2D eigenvalue weighted by Gasteiger charge is -2.10. The van der Waals surface area contributed by atoms with Crippen LogP contribution in [0.3, 0.4) is 0 Å². The van der Waals surface area contributed by atoms with E-state index in [-0.39, 0.29) is 24.1 Å². The first-order chi connectivity index (χ1) is 14.3. The lowest BCUT2D eigenvalue weighted by molar-refractivity contribution is -0.137. The highest BCUT2D eigenvalue weighted by molar-refractivity contribution is 9.10. The van der Waals surface area contributed by atoms with Crippen molar-refractivity contribution < 1.29 is 9.90 Å². The first-order valence-electron chi connectivity index (χ1n) is 8.99. The fourth-order valence-corrected chi connectivity index (χ4v) is 4.40. The van der Waals surface area contributed by atoms with Gasteiger partial charge in [0.05, 0.1) is 12.6 Å². The van der Waals surface area contributed by atoms with Gasteiger partial charge in [-0.05, 0) is 24.1 Å². The SMILES string of the molecule is Cn1c(=O)n(CC#N)c(=O)c2c1nc(SCCCC(=O)O)n2Cc1cccc(Br)c1. The first kappa shape index (κ1) is 21.9. The maximum absolute atomic E-state index is 13.0. The Kier molecular flexibility index (Phi) is 6.79. The summed E-state index contributed by atoms with van der Waals surface area (Å²) >= 11 is 4.76. The molecule has 1 aromatic carbocycles. The van der Waals surface area contributed by atoms with E-state index in [0.717, 1.165) is 14.6 Å². The van der Waals surface area contributed by atoms with Crippen LogP contribution in [-0.2, 0) is 24.9 Å². The third-order valence-electron chi connectivity index (χ3n) is 4.42. The molecule has 156 valence electrons. The fraction of sp³-hybridized carbons (Fsp3) is 0.316. The monoisotopic (exact) mass is 491 g/mol. The van der Waals surface area contributed by atoms with E-state index in [1.54, 1.807) is 4.57 Å². The van der Waals surface area contributed by atoms with Gasteiger partial charge in [-0.2, -0.15) is 5.26 Å². The zero-order chi connectivity index (χ0) is 21.8. The van der Waals surface area contributed by atoms with Gasteiger partial charge in [0, 0.05) is 23.7 Å². The van der Waals surface area contributed by atoms with Gasteiger partial charge in [0.15, 0.2) is 16.3 Å². The number of hydrogen-bond donors (Lipinski definition) is 1. The van der Waals surface area contributed by atoms with Gasteiger partial charge in [0.1, 0.15) is 6.54 Å². The molecule has 0 aliphatic heterocycles. The summed E-state index contributed by atoms with van der Waals surface area (Å²) in [6, 6.07) is 9.44. The van der Waals surface area contributed by atoms with Crippen molar-refractivity contribution in [1.29, 1.82) is 5.26 Å². The van der Waals surface area contributed by atoms with Gasteiger partial charge in [-0.15, -0.1) is 0 Å². The number of nitrogens with zero attached hydrogens (tertiary/aromatic N) is 5. The smallest absolute Gasteiger partial charge is 0.333 e. The summed E-state index contributed by atoms with van der Waals surface area (Å²) in [6.07, 6.45) is 0.476. The van der Waals surface area contributed by atoms with E-state index in [0.29, 0.717) is 23.9 Å². The zero-order valence-corrected chi connectivity index (χ0v) is 18.4. The van der Waals surface area contributed by atoms with E-state index < -0.39 is 17.2 Å². The normalized spacial score (nSPS) is 11.0. The van der Waals surface area contributed by atoms with Crippen LogP contribution < -0.4 is 11.2 Å². The van der Waals surface area contributed by atoms with Gasteiger partial charge >= 0.3 is 11.7 Å². The molecule has 3 aromatic rings. The number of imidazole rings is 1. The minimum absolute atomic E-state index is 0.0340. The molecule has 9 nitrogen and oxygen atoms in total. The van der Waals surface area contributed by atoms with Crippen LogP contribution in [0.5, 0.6) is 0 Å². The molecule has 0 amide bonds. The Hall–Kier alpha value is -2.84. The highest BCUT2D eigenvalue weighted by Crippen LogP contribution is 2.24. The number of halogens is 1. The lowest BCUT2D eigenvalue weighted by atomic mass is 10.2. The van der Waals surface area contributed by atoms with Crippen LogP contribution in [0.4, 0.5) is 0 Å². The average molecular weight is 492 g/mol. The summed E-state index contributed by atoms with van der Waals surface area (Å²) in [4.78, 5) is 40.8. The fourth-order valence-electron chi connectivity index (χ4n) is 3.02. The summed E-state index contributed by atoms with van der Waals surface area (Å²) in [5.41, 5.74) is 0.192. The zero-order valence-electron chi connectivity index (χ0n) is 16.0. The number of aliphatic carboxylic acids is 1. The van der Waals surface area contributed by atoms with Crippen LogP contribution in [-0.4, -0.2) is 35.5 Å². The van der Waals surface area contributed by atoms with E-state index >= 15 is 0 Å². The highest BCUT2D eigenvalue weighted by atomic mass is 79.9. The quantitative estimate of drug-likeness (QED) is 0.378. The van der Waals surface area contributed by atoms with Crippen LogP contribution in [0, 0.1) is 11.3 Å². The molecule has 2 aromatic heterocycles. The van der Waals surface area contributed by atoms with Gasteiger partial charge in [-0.3, -0.25) is 14.2 Å². The van der Waals surface area contributed by atoms with E-state index in [1.807, 2.05) is 30.3 Å². The molecule has 0 spiro atoms. The third kappa shape index (κ3) is 4.49. The number of aryl methyl sites for hydroxylation is 1. The minimum atomic E-state index is -0.875. The number of fused-ring (bicyclic) bond motifs is 1. The molecule has 3 rings (SSSR count). The van der Waals surface area contributed by atoms with Gasteiger partial charge in [-0.1, -0.05) is 39.8 Å². The lowest BCUT2D eigenvalue weighted by Crippen LogP contribution is -2.39. The second kappa shape index (κ2) is 9.32. The molecule has 11 heteroatoms. The largest absolute Gasteiger partial charge is 0.481 e. The van der Waals surface area contributed by atoms with Crippen molar-refractivity contribution in [3.05, 3.63) is 55.1 Å². The Morgan fingerprint density at radius 2 is 2.10 bits per heavy atom. The van der Waals surface area contributed by atoms with Crippen molar-refractivity contribution in [2.24, 2.45) is 7.05 Å². The Bertz CT molecular complexity index is 1270. The van der Waals surface area contributed by atoms with Crippen molar-refractivity contribution >= 4 is 44.8 Å². The van der Waals surface area contributed by atoms with Gasteiger partial charge in [0.2, 0.25) is 0 Å². The molecule has 0 bridgehead atoms. The van der Waals surface area contributed by atoms with Gasteiger partial charge in [0.25, 0.3) is 5.56 Å². The molecule has 0 aliphatic rings. The maximum Gasteiger partial charge on any atom is 0.333 e. The third-order valence-corrected chi connectivity index (χ3v) is 5.98. The summed E-state index contributed by atoms with van der Waals surface area (Å²) in [7, 11) is 1.51.